The van der Waals surface area contributed by atoms with Crippen molar-refractivity contribution in [3.05, 3.63) is 24.3 Å². The Hall–Kier alpha value is -2.04. The van der Waals surface area contributed by atoms with Crippen LogP contribution in [0.3, 0.4) is 0 Å². The van der Waals surface area contributed by atoms with Crippen molar-refractivity contribution >= 4 is 11.6 Å². The van der Waals surface area contributed by atoms with Gasteiger partial charge in [-0.15, -0.1) is 0 Å². The molecular weight excluding hydrogens is 240 g/mol. The highest BCUT2D eigenvalue weighted by atomic mass is 16.5. The first-order valence-electron chi connectivity index (χ1n) is 6.77. The third-order valence-electron chi connectivity index (χ3n) is 3.44. The zero-order chi connectivity index (χ0) is 13.1. The minimum Gasteiger partial charge on any atom is -0.399 e. The summed E-state index contributed by atoms with van der Waals surface area (Å²) in [4.78, 5) is 6.68. The van der Waals surface area contributed by atoms with Gasteiger partial charge in [-0.05, 0) is 36.2 Å². The summed E-state index contributed by atoms with van der Waals surface area (Å²) in [6, 6.07) is 7.51. The maximum absolute atomic E-state index is 5.77. The molecule has 0 bridgehead atoms. The molecule has 0 unspecified atom stereocenters. The first kappa shape index (κ1) is 12.0. The molecule has 2 heterocycles. The second kappa shape index (κ2) is 5.30. The van der Waals surface area contributed by atoms with Crippen LogP contribution in [0.1, 0.15) is 25.7 Å². The van der Waals surface area contributed by atoms with Crippen LogP contribution in [0.5, 0.6) is 0 Å². The first-order valence-corrected chi connectivity index (χ1v) is 6.77. The molecule has 1 aromatic heterocycles. The average Bonchev–Trinajstić information content (AvgIpc) is 2.75. The summed E-state index contributed by atoms with van der Waals surface area (Å²) in [6.07, 6.45) is 4.97. The number of nitrogen functional groups attached to an aromatic ring is 1. The first-order chi connectivity index (χ1) is 9.33. The number of aromatic nitrogens is 2. The molecule has 100 valence electrons. The molecule has 0 aliphatic carbocycles. The molecule has 5 heteroatoms. The Morgan fingerprint density at radius 2 is 1.89 bits per heavy atom. The van der Waals surface area contributed by atoms with Crippen LogP contribution in [-0.2, 0) is 0 Å². The van der Waals surface area contributed by atoms with Crippen LogP contribution in [0.25, 0.3) is 11.5 Å². The monoisotopic (exact) mass is 258 g/mol. The van der Waals surface area contributed by atoms with Crippen LogP contribution < -0.4 is 10.6 Å². The third-order valence-corrected chi connectivity index (χ3v) is 3.44. The van der Waals surface area contributed by atoms with Gasteiger partial charge in [0.1, 0.15) is 0 Å². The third kappa shape index (κ3) is 2.70. The van der Waals surface area contributed by atoms with Crippen LogP contribution in [0.4, 0.5) is 11.6 Å². The molecule has 0 amide bonds. The number of hydrogen-bond acceptors (Lipinski definition) is 5. The van der Waals surface area contributed by atoms with Gasteiger partial charge in [0.2, 0.25) is 0 Å². The van der Waals surface area contributed by atoms with Gasteiger partial charge in [-0.25, -0.2) is 0 Å². The van der Waals surface area contributed by atoms with Gasteiger partial charge in [0.25, 0.3) is 11.8 Å². The highest BCUT2D eigenvalue weighted by molar-refractivity contribution is 5.60. The van der Waals surface area contributed by atoms with Gasteiger partial charge in [-0.1, -0.05) is 18.9 Å². The van der Waals surface area contributed by atoms with Crippen molar-refractivity contribution in [3.8, 4) is 11.5 Å². The van der Waals surface area contributed by atoms with E-state index in [0.29, 0.717) is 17.5 Å². The van der Waals surface area contributed by atoms with Crippen LogP contribution in [-0.4, -0.2) is 23.2 Å². The second-order valence-electron chi connectivity index (χ2n) is 4.93. The van der Waals surface area contributed by atoms with E-state index in [-0.39, 0.29) is 0 Å². The highest BCUT2D eigenvalue weighted by Crippen LogP contribution is 2.23. The van der Waals surface area contributed by atoms with Crippen molar-refractivity contribution in [2.24, 2.45) is 0 Å². The number of rotatable bonds is 2. The quantitative estimate of drug-likeness (QED) is 0.839. The van der Waals surface area contributed by atoms with Gasteiger partial charge >= 0.3 is 0 Å². The van der Waals surface area contributed by atoms with E-state index in [1.807, 2.05) is 24.3 Å². The number of benzene rings is 1. The van der Waals surface area contributed by atoms with E-state index in [0.717, 1.165) is 18.7 Å². The van der Waals surface area contributed by atoms with Crippen molar-refractivity contribution in [2.75, 3.05) is 23.7 Å². The zero-order valence-corrected chi connectivity index (χ0v) is 10.9. The van der Waals surface area contributed by atoms with Gasteiger partial charge < -0.3 is 15.2 Å². The maximum Gasteiger partial charge on any atom is 0.266 e. The Balaban J connectivity index is 1.82. The predicted octanol–water partition coefficient (Wildman–Crippen LogP) is 2.70. The molecule has 1 fully saturated rings. The molecule has 3 rings (SSSR count). The van der Waals surface area contributed by atoms with Crippen molar-refractivity contribution < 1.29 is 4.52 Å². The Morgan fingerprint density at radius 1 is 1.11 bits per heavy atom. The van der Waals surface area contributed by atoms with Crippen molar-refractivity contribution in [2.45, 2.75) is 25.7 Å². The van der Waals surface area contributed by atoms with Crippen molar-refractivity contribution in [1.82, 2.24) is 10.1 Å². The Kier molecular flexibility index (Phi) is 3.35. The standard InChI is InChI=1S/C14H18N4O/c15-12-7-5-6-11(10-12)13-16-14(17-19-13)18-8-3-1-2-4-9-18/h5-7,10H,1-4,8-9,15H2. The van der Waals surface area contributed by atoms with E-state index in [4.69, 9.17) is 10.3 Å². The summed E-state index contributed by atoms with van der Waals surface area (Å²) < 4.78 is 5.34. The smallest absolute Gasteiger partial charge is 0.266 e. The average molecular weight is 258 g/mol. The Morgan fingerprint density at radius 3 is 2.63 bits per heavy atom. The number of anilines is 2. The Labute approximate surface area is 112 Å². The van der Waals surface area contributed by atoms with E-state index in [1.165, 1.54) is 25.7 Å². The lowest BCUT2D eigenvalue weighted by Crippen LogP contribution is -2.24. The van der Waals surface area contributed by atoms with Gasteiger partial charge in [0.15, 0.2) is 0 Å². The van der Waals surface area contributed by atoms with Gasteiger partial charge in [-0.2, -0.15) is 4.98 Å². The second-order valence-corrected chi connectivity index (χ2v) is 4.93. The van der Waals surface area contributed by atoms with Crippen LogP contribution >= 0.6 is 0 Å². The normalized spacial score (nSPS) is 16.3. The van der Waals surface area contributed by atoms with Gasteiger partial charge in [0.05, 0.1) is 0 Å². The van der Waals surface area contributed by atoms with Gasteiger partial charge in [0, 0.05) is 24.3 Å². The largest absolute Gasteiger partial charge is 0.399 e. The van der Waals surface area contributed by atoms with Crippen LogP contribution in [0.2, 0.25) is 0 Å². The van der Waals surface area contributed by atoms with E-state index in [9.17, 15) is 0 Å². The summed E-state index contributed by atoms with van der Waals surface area (Å²) in [6.45, 7) is 2.02. The van der Waals surface area contributed by atoms with Crippen LogP contribution in [0.15, 0.2) is 28.8 Å². The molecular formula is C14H18N4O. The maximum atomic E-state index is 5.77. The molecule has 19 heavy (non-hydrogen) atoms. The number of nitrogens with zero attached hydrogens (tertiary/aromatic N) is 3. The summed E-state index contributed by atoms with van der Waals surface area (Å²) in [7, 11) is 0. The van der Waals surface area contributed by atoms with E-state index < -0.39 is 0 Å². The lowest BCUT2D eigenvalue weighted by Gasteiger charge is -2.16. The minimum absolute atomic E-state index is 0.534. The lowest BCUT2D eigenvalue weighted by atomic mass is 10.2. The zero-order valence-electron chi connectivity index (χ0n) is 10.9. The Bertz CT molecular complexity index is 544. The predicted molar refractivity (Wildman–Crippen MR) is 74.8 cm³/mol. The van der Waals surface area contributed by atoms with Crippen molar-refractivity contribution in [3.63, 3.8) is 0 Å². The minimum atomic E-state index is 0.534. The molecule has 1 aliphatic heterocycles. The fourth-order valence-electron chi connectivity index (χ4n) is 2.40. The number of nitrogens with two attached hydrogens (primary N) is 1. The topological polar surface area (TPSA) is 68.2 Å². The summed E-state index contributed by atoms with van der Waals surface area (Å²) in [5.74, 6) is 1.23. The summed E-state index contributed by atoms with van der Waals surface area (Å²) in [5, 5.41) is 4.09. The van der Waals surface area contributed by atoms with Crippen LogP contribution in [0, 0.1) is 0 Å². The molecule has 1 saturated heterocycles. The molecule has 2 aromatic rings. The molecule has 5 nitrogen and oxygen atoms in total. The van der Waals surface area contributed by atoms with Gasteiger partial charge in [-0.3, -0.25) is 0 Å². The fraction of sp³-hybridized carbons (Fsp3) is 0.429. The van der Waals surface area contributed by atoms with E-state index >= 15 is 0 Å². The SMILES string of the molecule is Nc1cccc(-c2nc(N3CCCCCC3)no2)c1. The molecule has 0 saturated carbocycles. The fourth-order valence-corrected chi connectivity index (χ4v) is 2.40. The van der Waals surface area contributed by atoms with Crippen molar-refractivity contribution in [1.29, 1.82) is 0 Å². The molecule has 1 aromatic carbocycles. The summed E-state index contributed by atoms with van der Waals surface area (Å²) in [5.41, 5.74) is 7.34. The van der Waals surface area contributed by atoms with E-state index in [2.05, 4.69) is 15.0 Å². The van der Waals surface area contributed by atoms with E-state index in [1.54, 1.807) is 0 Å². The summed E-state index contributed by atoms with van der Waals surface area (Å²) >= 11 is 0. The molecule has 0 atom stereocenters. The molecule has 0 spiro atoms. The molecule has 0 radical (unpaired) electrons. The lowest BCUT2D eigenvalue weighted by molar-refractivity contribution is 0.429. The molecule has 2 N–H and O–H groups in total. The highest BCUT2D eigenvalue weighted by Gasteiger charge is 2.16. The molecule has 1 aliphatic rings. The number of hydrogen-bond donors (Lipinski definition) is 1.